The van der Waals surface area contributed by atoms with E-state index in [2.05, 4.69) is 39.8 Å². The van der Waals surface area contributed by atoms with E-state index in [-0.39, 0.29) is 11.4 Å². The SMILES string of the molecule is CCOC(=O)C=C(C)C=CC=C(C)c1ccc(OC)c(C(C)(C)C)c1. The standard InChI is InChI=1S/C22H30O3/c1-8-25-21(23)14-16(2)10-9-11-17(3)18-12-13-20(24-7)19(15-18)22(4,5)6/h9-15H,8H2,1-7H3. The summed E-state index contributed by atoms with van der Waals surface area (Å²) in [7, 11) is 1.70. The Morgan fingerprint density at radius 2 is 1.88 bits per heavy atom. The number of carbonyl (C=O) groups is 1. The highest BCUT2D eigenvalue weighted by Crippen LogP contribution is 2.33. The second-order valence-electron chi connectivity index (χ2n) is 7.01. The van der Waals surface area contributed by atoms with Gasteiger partial charge in [0.05, 0.1) is 13.7 Å². The van der Waals surface area contributed by atoms with Crippen LogP contribution in [0.4, 0.5) is 0 Å². The summed E-state index contributed by atoms with van der Waals surface area (Å²) in [5.41, 5.74) is 4.35. The fraction of sp³-hybridized carbons (Fsp3) is 0.409. The van der Waals surface area contributed by atoms with Crippen LogP contribution in [0.25, 0.3) is 5.57 Å². The van der Waals surface area contributed by atoms with E-state index in [0.29, 0.717) is 6.61 Å². The molecule has 0 aliphatic rings. The molecule has 25 heavy (non-hydrogen) atoms. The van der Waals surface area contributed by atoms with E-state index in [1.165, 1.54) is 11.6 Å². The van der Waals surface area contributed by atoms with Crippen LogP contribution in [0.5, 0.6) is 5.75 Å². The lowest BCUT2D eigenvalue weighted by molar-refractivity contribution is -0.137. The van der Waals surface area contributed by atoms with Crippen LogP contribution in [-0.2, 0) is 14.9 Å². The third-order valence-electron chi connectivity index (χ3n) is 3.80. The van der Waals surface area contributed by atoms with Gasteiger partial charge >= 0.3 is 5.97 Å². The Balaban J connectivity index is 3.00. The maximum Gasteiger partial charge on any atom is 0.330 e. The molecule has 0 atom stereocenters. The molecule has 1 aromatic carbocycles. The maximum absolute atomic E-state index is 11.4. The number of benzene rings is 1. The molecule has 0 unspecified atom stereocenters. The molecule has 0 N–H and O–H groups in total. The number of carbonyl (C=O) groups excluding carboxylic acids is 1. The molecule has 0 saturated heterocycles. The number of rotatable bonds is 6. The molecule has 0 radical (unpaired) electrons. The third-order valence-corrected chi connectivity index (χ3v) is 3.80. The van der Waals surface area contributed by atoms with Crippen LogP contribution in [0, 0.1) is 0 Å². The molecule has 0 bridgehead atoms. The van der Waals surface area contributed by atoms with E-state index in [9.17, 15) is 4.79 Å². The summed E-state index contributed by atoms with van der Waals surface area (Å²) in [5.74, 6) is 0.600. The lowest BCUT2D eigenvalue weighted by atomic mass is 9.84. The van der Waals surface area contributed by atoms with Crippen LogP contribution in [0.15, 0.2) is 48.1 Å². The summed E-state index contributed by atoms with van der Waals surface area (Å²) in [6.07, 6.45) is 7.38. The second kappa shape index (κ2) is 9.26. The predicted octanol–water partition coefficient (Wildman–Crippen LogP) is 5.46. The number of hydrogen-bond donors (Lipinski definition) is 0. The Morgan fingerprint density at radius 3 is 2.44 bits per heavy atom. The van der Waals surface area contributed by atoms with Gasteiger partial charge in [0.25, 0.3) is 0 Å². The largest absolute Gasteiger partial charge is 0.496 e. The highest BCUT2D eigenvalue weighted by molar-refractivity contribution is 5.83. The minimum atomic E-state index is -0.310. The molecule has 0 fully saturated rings. The Hall–Kier alpha value is -2.29. The Labute approximate surface area is 152 Å². The molecule has 3 nitrogen and oxygen atoms in total. The molecule has 0 aliphatic heterocycles. The van der Waals surface area contributed by atoms with Crippen molar-refractivity contribution in [1.29, 1.82) is 0 Å². The molecule has 0 aromatic heterocycles. The van der Waals surface area contributed by atoms with Crippen molar-refractivity contribution in [2.24, 2.45) is 0 Å². The summed E-state index contributed by atoms with van der Waals surface area (Å²) in [6, 6.07) is 6.26. The van der Waals surface area contributed by atoms with E-state index in [0.717, 1.165) is 22.5 Å². The van der Waals surface area contributed by atoms with Crippen LogP contribution >= 0.6 is 0 Å². The van der Waals surface area contributed by atoms with Crippen LogP contribution in [0.3, 0.4) is 0 Å². The van der Waals surface area contributed by atoms with Gasteiger partial charge in [0.2, 0.25) is 0 Å². The molecule has 0 heterocycles. The average Bonchev–Trinajstić information content (AvgIpc) is 2.53. The molecule has 1 aromatic rings. The first-order valence-electron chi connectivity index (χ1n) is 8.58. The first kappa shape index (κ1) is 20.8. The maximum atomic E-state index is 11.4. The van der Waals surface area contributed by atoms with Crippen molar-refractivity contribution in [3.05, 3.63) is 59.2 Å². The van der Waals surface area contributed by atoms with Gasteiger partial charge in [0, 0.05) is 11.6 Å². The first-order chi connectivity index (χ1) is 11.7. The Kier molecular flexibility index (Phi) is 7.69. The highest BCUT2D eigenvalue weighted by atomic mass is 16.5. The molecule has 0 amide bonds. The lowest BCUT2D eigenvalue weighted by Crippen LogP contribution is -2.13. The van der Waals surface area contributed by atoms with E-state index >= 15 is 0 Å². The summed E-state index contributed by atoms with van der Waals surface area (Å²) in [5, 5.41) is 0. The molecule has 0 aliphatic carbocycles. The second-order valence-corrected chi connectivity index (χ2v) is 7.01. The number of hydrogen-bond acceptors (Lipinski definition) is 3. The number of methoxy groups -OCH3 is 1. The Bertz CT molecular complexity index is 686. The zero-order valence-corrected chi connectivity index (χ0v) is 16.5. The molecule has 1 rings (SSSR count). The predicted molar refractivity (Wildman–Crippen MR) is 105 cm³/mol. The van der Waals surface area contributed by atoms with E-state index in [4.69, 9.17) is 9.47 Å². The van der Waals surface area contributed by atoms with Gasteiger partial charge in [-0.2, -0.15) is 0 Å². The van der Waals surface area contributed by atoms with Crippen LogP contribution in [0.1, 0.15) is 52.7 Å². The van der Waals surface area contributed by atoms with Gasteiger partial charge < -0.3 is 9.47 Å². The average molecular weight is 342 g/mol. The van der Waals surface area contributed by atoms with Crippen molar-refractivity contribution in [3.8, 4) is 5.75 Å². The molecular weight excluding hydrogens is 312 g/mol. The van der Waals surface area contributed by atoms with Crippen molar-refractivity contribution in [3.63, 3.8) is 0 Å². The van der Waals surface area contributed by atoms with E-state index in [1.807, 2.05) is 31.2 Å². The minimum Gasteiger partial charge on any atom is -0.496 e. The number of esters is 1. The minimum absolute atomic E-state index is 0.0104. The fourth-order valence-electron chi connectivity index (χ4n) is 2.40. The van der Waals surface area contributed by atoms with E-state index in [1.54, 1.807) is 14.0 Å². The summed E-state index contributed by atoms with van der Waals surface area (Å²) >= 11 is 0. The molecule has 136 valence electrons. The van der Waals surface area contributed by atoms with Gasteiger partial charge in [-0.25, -0.2) is 4.79 Å². The van der Waals surface area contributed by atoms with Crippen LogP contribution in [-0.4, -0.2) is 19.7 Å². The van der Waals surface area contributed by atoms with Gasteiger partial charge in [0.15, 0.2) is 0 Å². The first-order valence-corrected chi connectivity index (χ1v) is 8.58. The zero-order valence-electron chi connectivity index (χ0n) is 16.5. The molecule has 3 heteroatoms. The van der Waals surface area contributed by atoms with Crippen molar-refractivity contribution < 1.29 is 14.3 Å². The van der Waals surface area contributed by atoms with Crippen LogP contribution < -0.4 is 4.74 Å². The third kappa shape index (κ3) is 6.61. The smallest absolute Gasteiger partial charge is 0.330 e. The number of ether oxygens (including phenoxy) is 2. The normalized spacial score (nSPS) is 13.2. The number of allylic oxidation sites excluding steroid dienone is 5. The van der Waals surface area contributed by atoms with Gasteiger partial charge in [-0.05, 0) is 55.0 Å². The molecule has 0 saturated carbocycles. The monoisotopic (exact) mass is 342 g/mol. The summed E-state index contributed by atoms with van der Waals surface area (Å²) in [4.78, 5) is 11.4. The molecular formula is C22H30O3. The van der Waals surface area contributed by atoms with Crippen molar-refractivity contribution >= 4 is 11.5 Å². The molecule has 0 spiro atoms. The lowest BCUT2D eigenvalue weighted by Gasteiger charge is -2.23. The van der Waals surface area contributed by atoms with Crippen molar-refractivity contribution in [2.45, 2.75) is 47.0 Å². The Morgan fingerprint density at radius 1 is 1.20 bits per heavy atom. The van der Waals surface area contributed by atoms with Gasteiger partial charge in [-0.3, -0.25) is 0 Å². The van der Waals surface area contributed by atoms with Gasteiger partial charge in [0.1, 0.15) is 5.75 Å². The summed E-state index contributed by atoms with van der Waals surface area (Å²) in [6.45, 7) is 12.7. The topological polar surface area (TPSA) is 35.5 Å². The highest BCUT2D eigenvalue weighted by Gasteiger charge is 2.19. The quantitative estimate of drug-likeness (QED) is 0.391. The van der Waals surface area contributed by atoms with Gasteiger partial charge in [-0.15, -0.1) is 0 Å². The zero-order chi connectivity index (χ0) is 19.0. The van der Waals surface area contributed by atoms with Gasteiger partial charge in [-0.1, -0.05) is 45.1 Å². The van der Waals surface area contributed by atoms with Crippen molar-refractivity contribution in [1.82, 2.24) is 0 Å². The van der Waals surface area contributed by atoms with E-state index < -0.39 is 0 Å². The summed E-state index contributed by atoms with van der Waals surface area (Å²) < 4.78 is 10.4. The van der Waals surface area contributed by atoms with Crippen molar-refractivity contribution in [2.75, 3.05) is 13.7 Å². The van der Waals surface area contributed by atoms with Crippen LogP contribution in [0.2, 0.25) is 0 Å². The fourth-order valence-corrected chi connectivity index (χ4v) is 2.40.